The highest BCUT2D eigenvalue weighted by atomic mass is 127. The van der Waals surface area contributed by atoms with Gasteiger partial charge in [-0.1, -0.05) is 48.5 Å². The average molecular weight is 432 g/mol. The third kappa shape index (κ3) is 3.68. The second-order valence-electron chi connectivity index (χ2n) is 4.91. The molecule has 0 fully saturated rings. The number of benzene rings is 3. The summed E-state index contributed by atoms with van der Waals surface area (Å²) < 4.78 is 1.03. The van der Waals surface area contributed by atoms with Crippen molar-refractivity contribution in [1.82, 2.24) is 5.32 Å². The Morgan fingerprint density at radius 2 is 1.61 bits per heavy atom. The van der Waals surface area contributed by atoms with E-state index in [0.717, 1.165) is 20.0 Å². The summed E-state index contributed by atoms with van der Waals surface area (Å²) in [6.07, 6.45) is 0. The highest BCUT2D eigenvalue weighted by Gasteiger charge is 2.11. The van der Waals surface area contributed by atoms with Crippen molar-refractivity contribution in [2.45, 2.75) is 0 Å². The summed E-state index contributed by atoms with van der Waals surface area (Å²) >= 11 is 7.46. The molecule has 0 spiro atoms. The highest BCUT2D eigenvalue weighted by molar-refractivity contribution is 14.1. The topological polar surface area (TPSA) is 41.1 Å². The van der Waals surface area contributed by atoms with Crippen LogP contribution in [0.3, 0.4) is 0 Å². The van der Waals surface area contributed by atoms with Crippen LogP contribution >= 0.6 is 34.8 Å². The molecule has 0 atom stereocenters. The largest absolute Gasteiger partial charge is 0.332 e. The van der Waals surface area contributed by atoms with Gasteiger partial charge in [0, 0.05) is 9.13 Å². The number of fused-ring (bicyclic) bond motifs is 1. The number of carbonyl (C=O) groups excluding carboxylic acids is 1. The van der Waals surface area contributed by atoms with E-state index in [1.165, 1.54) is 0 Å². The number of halogens is 1. The van der Waals surface area contributed by atoms with Gasteiger partial charge in [-0.2, -0.15) is 0 Å². The zero-order chi connectivity index (χ0) is 16.2. The quantitative estimate of drug-likeness (QED) is 0.461. The summed E-state index contributed by atoms with van der Waals surface area (Å²) in [6.45, 7) is 0. The lowest BCUT2D eigenvalue weighted by Gasteiger charge is -2.12. The Balaban J connectivity index is 1.78. The summed E-state index contributed by atoms with van der Waals surface area (Å²) in [6, 6.07) is 21.2. The molecule has 1 amide bonds. The molecule has 0 unspecified atom stereocenters. The summed E-state index contributed by atoms with van der Waals surface area (Å²) in [7, 11) is 0. The molecule has 3 aromatic carbocycles. The van der Waals surface area contributed by atoms with Crippen molar-refractivity contribution >= 4 is 62.3 Å². The maximum Gasteiger partial charge on any atom is 0.258 e. The van der Waals surface area contributed by atoms with Gasteiger partial charge in [-0.15, -0.1) is 0 Å². The molecule has 0 heterocycles. The monoisotopic (exact) mass is 432 g/mol. The maximum atomic E-state index is 12.5. The van der Waals surface area contributed by atoms with E-state index in [1.807, 2.05) is 60.7 Å². The van der Waals surface area contributed by atoms with Gasteiger partial charge in [0.15, 0.2) is 5.11 Å². The van der Waals surface area contributed by atoms with Crippen LogP contribution in [0, 0.1) is 3.57 Å². The van der Waals surface area contributed by atoms with E-state index in [2.05, 4.69) is 33.2 Å². The predicted molar refractivity (Wildman–Crippen MR) is 107 cm³/mol. The first kappa shape index (κ1) is 15.9. The Morgan fingerprint density at radius 1 is 0.913 bits per heavy atom. The van der Waals surface area contributed by atoms with Crippen molar-refractivity contribution in [3.63, 3.8) is 0 Å². The summed E-state index contributed by atoms with van der Waals surface area (Å²) in [5.41, 5.74) is 1.48. The smallest absolute Gasteiger partial charge is 0.258 e. The summed E-state index contributed by atoms with van der Waals surface area (Å²) in [5.74, 6) is -0.217. The molecule has 0 aromatic heterocycles. The third-order valence-corrected chi connectivity index (χ3v) is 4.53. The SMILES string of the molecule is O=C(NC(=S)Nc1ccccc1I)c1cccc2ccccc12. The van der Waals surface area contributed by atoms with Crippen LogP contribution in [0.2, 0.25) is 0 Å². The van der Waals surface area contributed by atoms with Gasteiger partial charge in [0.25, 0.3) is 5.91 Å². The zero-order valence-electron chi connectivity index (χ0n) is 12.0. The number of hydrogen-bond acceptors (Lipinski definition) is 2. The standard InChI is InChI=1S/C18H13IN2OS/c19-15-10-3-4-11-16(15)20-18(23)21-17(22)14-9-5-7-12-6-1-2-8-13(12)14/h1-11H,(H2,20,21,22,23). The van der Waals surface area contributed by atoms with Gasteiger partial charge in [0.05, 0.1) is 5.69 Å². The van der Waals surface area contributed by atoms with Gasteiger partial charge in [0.2, 0.25) is 0 Å². The van der Waals surface area contributed by atoms with Gasteiger partial charge >= 0.3 is 0 Å². The maximum absolute atomic E-state index is 12.5. The molecule has 0 aliphatic heterocycles. The average Bonchev–Trinajstić information content (AvgIpc) is 2.56. The van der Waals surface area contributed by atoms with Crippen LogP contribution in [0.25, 0.3) is 10.8 Å². The molecular formula is C18H13IN2OS. The summed E-state index contributed by atoms with van der Waals surface area (Å²) in [4.78, 5) is 12.5. The number of thiocarbonyl (C=S) groups is 1. The predicted octanol–water partition coefficient (Wildman–Crippen LogP) is 4.57. The molecular weight excluding hydrogens is 419 g/mol. The second kappa shape index (κ2) is 7.06. The Morgan fingerprint density at radius 3 is 2.43 bits per heavy atom. The minimum absolute atomic E-state index is 0.217. The molecule has 114 valence electrons. The van der Waals surface area contributed by atoms with E-state index in [0.29, 0.717) is 5.56 Å². The Bertz CT molecular complexity index is 890. The minimum atomic E-state index is -0.217. The van der Waals surface area contributed by atoms with Gasteiger partial charge in [-0.25, -0.2) is 0 Å². The fourth-order valence-corrected chi connectivity index (χ4v) is 3.03. The number of carbonyl (C=O) groups is 1. The molecule has 0 bridgehead atoms. The lowest BCUT2D eigenvalue weighted by Crippen LogP contribution is -2.34. The molecule has 0 radical (unpaired) electrons. The molecule has 3 aromatic rings. The Hall–Kier alpha value is -1.99. The van der Waals surface area contributed by atoms with Gasteiger partial charge in [0.1, 0.15) is 0 Å². The fraction of sp³-hybridized carbons (Fsp3) is 0. The third-order valence-electron chi connectivity index (χ3n) is 3.38. The molecule has 0 aliphatic carbocycles. The van der Waals surface area contributed by atoms with E-state index in [-0.39, 0.29) is 11.0 Å². The number of para-hydroxylation sites is 1. The first-order chi connectivity index (χ1) is 11.1. The van der Waals surface area contributed by atoms with Gasteiger partial charge < -0.3 is 5.32 Å². The number of amides is 1. The van der Waals surface area contributed by atoms with Crippen molar-refractivity contribution in [2.24, 2.45) is 0 Å². The van der Waals surface area contributed by atoms with E-state index in [4.69, 9.17) is 12.2 Å². The van der Waals surface area contributed by atoms with Crippen LogP contribution in [0.4, 0.5) is 5.69 Å². The highest BCUT2D eigenvalue weighted by Crippen LogP contribution is 2.19. The Kier molecular flexibility index (Phi) is 4.88. The first-order valence-electron chi connectivity index (χ1n) is 7.00. The lowest BCUT2D eigenvalue weighted by molar-refractivity contribution is 0.0979. The van der Waals surface area contributed by atoms with Crippen LogP contribution in [0.1, 0.15) is 10.4 Å². The van der Waals surface area contributed by atoms with E-state index < -0.39 is 0 Å². The minimum Gasteiger partial charge on any atom is -0.332 e. The van der Waals surface area contributed by atoms with Crippen LogP contribution in [0.15, 0.2) is 66.7 Å². The van der Waals surface area contributed by atoms with Gasteiger partial charge in [-0.05, 0) is 63.8 Å². The molecule has 3 rings (SSSR count). The van der Waals surface area contributed by atoms with Crippen molar-refractivity contribution < 1.29 is 4.79 Å². The first-order valence-corrected chi connectivity index (χ1v) is 8.48. The van der Waals surface area contributed by atoms with Crippen molar-refractivity contribution in [3.8, 4) is 0 Å². The second-order valence-corrected chi connectivity index (χ2v) is 6.49. The van der Waals surface area contributed by atoms with E-state index in [1.54, 1.807) is 6.07 Å². The van der Waals surface area contributed by atoms with Crippen LogP contribution in [-0.4, -0.2) is 11.0 Å². The van der Waals surface area contributed by atoms with E-state index >= 15 is 0 Å². The molecule has 3 nitrogen and oxygen atoms in total. The van der Waals surface area contributed by atoms with Crippen molar-refractivity contribution in [1.29, 1.82) is 0 Å². The molecule has 5 heteroatoms. The number of rotatable bonds is 2. The summed E-state index contributed by atoms with van der Waals surface area (Å²) in [5, 5.41) is 8.01. The van der Waals surface area contributed by atoms with Crippen LogP contribution in [-0.2, 0) is 0 Å². The lowest BCUT2D eigenvalue weighted by atomic mass is 10.0. The van der Waals surface area contributed by atoms with Crippen LogP contribution < -0.4 is 10.6 Å². The van der Waals surface area contributed by atoms with Gasteiger partial charge in [-0.3, -0.25) is 10.1 Å². The fourth-order valence-electron chi connectivity index (χ4n) is 2.31. The Labute approximate surface area is 153 Å². The number of nitrogens with one attached hydrogen (secondary N) is 2. The molecule has 23 heavy (non-hydrogen) atoms. The normalized spacial score (nSPS) is 10.3. The molecule has 0 saturated carbocycles. The zero-order valence-corrected chi connectivity index (χ0v) is 15.0. The number of anilines is 1. The van der Waals surface area contributed by atoms with E-state index in [9.17, 15) is 4.79 Å². The van der Waals surface area contributed by atoms with Crippen molar-refractivity contribution in [2.75, 3.05) is 5.32 Å². The molecule has 2 N–H and O–H groups in total. The van der Waals surface area contributed by atoms with Crippen molar-refractivity contribution in [3.05, 3.63) is 75.9 Å². The molecule has 0 saturated heterocycles. The van der Waals surface area contributed by atoms with Crippen LogP contribution in [0.5, 0.6) is 0 Å². The number of hydrogen-bond donors (Lipinski definition) is 2. The molecule has 0 aliphatic rings.